The molecule has 0 aromatic heterocycles. The maximum absolute atomic E-state index is 12.4. The van der Waals surface area contributed by atoms with E-state index in [-0.39, 0.29) is 17.3 Å². The number of benzene rings is 3. The van der Waals surface area contributed by atoms with E-state index in [1.54, 1.807) is 60.7 Å². The molecule has 6 nitrogen and oxygen atoms in total. The third-order valence-corrected chi connectivity index (χ3v) is 4.42. The lowest BCUT2D eigenvalue weighted by Crippen LogP contribution is -2.24. The minimum absolute atomic E-state index is 0.272. The Bertz CT molecular complexity index is 1040. The zero-order valence-corrected chi connectivity index (χ0v) is 16.6. The standard InChI is InChI=1S/C24H21NO5/c1-16(22(26)17-7-4-3-5-8-17)30-24(28)18-11-13-20(14-12-18)25-23(27)19-9-6-10-21(15-19)29-2/h3-16H,1-2H3,(H,25,27)/t16-/m1/s1. The van der Waals surface area contributed by atoms with Crippen LogP contribution in [0.15, 0.2) is 78.9 Å². The molecule has 0 spiro atoms. The van der Waals surface area contributed by atoms with Gasteiger partial charge in [-0.2, -0.15) is 0 Å². The first-order valence-corrected chi connectivity index (χ1v) is 9.33. The van der Waals surface area contributed by atoms with Crippen LogP contribution in [-0.4, -0.2) is 30.9 Å². The highest BCUT2D eigenvalue weighted by molar-refractivity contribution is 6.05. The highest BCUT2D eigenvalue weighted by Crippen LogP contribution is 2.16. The molecule has 0 aliphatic heterocycles. The number of hydrogen-bond acceptors (Lipinski definition) is 5. The molecule has 1 amide bonds. The second kappa shape index (κ2) is 9.52. The fourth-order valence-corrected chi connectivity index (χ4v) is 2.78. The SMILES string of the molecule is COc1cccc(C(=O)Nc2ccc(C(=O)O[C@H](C)C(=O)c3ccccc3)cc2)c1. The predicted octanol–water partition coefficient (Wildman–Crippen LogP) is 4.38. The molecule has 1 atom stereocenters. The van der Waals surface area contributed by atoms with Gasteiger partial charge in [-0.1, -0.05) is 36.4 Å². The van der Waals surface area contributed by atoms with E-state index in [4.69, 9.17) is 9.47 Å². The van der Waals surface area contributed by atoms with Gasteiger partial charge in [0, 0.05) is 16.8 Å². The molecule has 0 aliphatic carbocycles. The number of rotatable bonds is 7. The Morgan fingerprint density at radius 1 is 0.800 bits per heavy atom. The van der Waals surface area contributed by atoms with Crippen LogP contribution in [0.3, 0.4) is 0 Å². The average molecular weight is 403 g/mol. The number of ketones is 1. The Morgan fingerprint density at radius 2 is 1.47 bits per heavy atom. The van der Waals surface area contributed by atoms with Crippen molar-refractivity contribution in [3.05, 3.63) is 95.6 Å². The van der Waals surface area contributed by atoms with E-state index in [0.717, 1.165) is 0 Å². The van der Waals surface area contributed by atoms with Crippen molar-refractivity contribution in [2.75, 3.05) is 12.4 Å². The van der Waals surface area contributed by atoms with E-state index in [1.807, 2.05) is 6.07 Å². The van der Waals surface area contributed by atoms with Crippen LogP contribution < -0.4 is 10.1 Å². The van der Waals surface area contributed by atoms with Crippen LogP contribution in [0.2, 0.25) is 0 Å². The third-order valence-electron chi connectivity index (χ3n) is 4.42. The molecular weight excluding hydrogens is 382 g/mol. The fraction of sp³-hybridized carbons (Fsp3) is 0.125. The van der Waals surface area contributed by atoms with Gasteiger partial charge >= 0.3 is 5.97 Å². The van der Waals surface area contributed by atoms with Gasteiger partial charge in [-0.3, -0.25) is 9.59 Å². The third kappa shape index (κ3) is 5.11. The van der Waals surface area contributed by atoms with E-state index in [9.17, 15) is 14.4 Å². The smallest absolute Gasteiger partial charge is 0.338 e. The second-order valence-electron chi connectivity index (χ2n) is 6.54. The van der Waals surface area contributed by atoms with Crippen molar-refractivity contribution in [3.8, 4) is 5.75 Å². The quantitative estimate of drug-likeness (QED) is 0.468. The lowest BCUT2D eigenvalue weighted by Gasteiger charge is -2.13. The van der Waals surface area contributed by atoms with Gasteiger partial charge in [0.1, 0.15) is 5.75 Å². The molecule has 30 heavy (non-hydrogen) atoms. The highest BCUT2D eigenvalue weighted by atomic mass is 16.5. The molecule has 6 heteroatoms. The van der Waals surface area contributed by atoms with E-state index in [2.05, 4.69) is 5.32 Å². The van der Waals surface area contributed by atoms with Crippen molar-refractivity contribution < 1.29 is 23.9 Å². The topological polar surface area (TPSA) is 81.7 Å². The fourth-order valence-electron chi connectivity index (χ4n) is 2.78. The Labute approximate surface area is 174 Å². The zero-order valence-electron chi connectivity index (χ0n) is 16.6. The number of esters is 1. The van der Waals surface area contributed by atoms with Crippen LogP contribution in [0.4, 0.5) is 5.69 Å². The molecule has 152 valence electrons. The number of anilines is 1. The molecular formula is C24H21NO5. The van der Waals surface area contributed by atoms with Gasteiger partial charge < -0.3 is 14.8 Å². The maximum atomic E-state index is 12.4. The van der Waals surface area contributed by atoms with E-state index < -0.39 is 12.1 Å². The van der Waals surface area contributed by atoms with Crippen molar-refractivity contribution in [2.24, 2.45) is 0 Å². The second-order valence-corrected chi connectivity index (χ2v) is 6.54. The lowest BCUT2D eigenvalue weighted by atomic mass is 10.1. The van der Waals surface area contributed by atoms with Crippen LogP contribution >= 0.6 is 0 Å². The molecule has 1 N–H and O–H groups in total. The first kappa shape index (κ1) is 20.8. The summed E-state index contributed by atoms with van der Waals surface area (Å²) in [6.45, 7) is 1.54. The number of nitrogens with one attached hydrogen (secondary N) is 1. The van der Waals surface area contributed by atoms with Gasteiger partial charge in [-0.25, -0.2) is 4.79 Å². The Hall–Kier alpha value is -3.93. The summed E-state index contributed by atoms with van der Waals surface area (Å²) in [7, 11) is 1.53. The van der Waals surface area contributed by atoms with Crippen LogP contribution in [-0.2, 0) is 4.74 Å². The molecule has 0 fully saturated rings. The van der Waals surface area contributed by atoms with Crippen molar-refractivity contribution in [3.63, 3.8) is 0 Å². The minimum Gasteiger partial charge on any atom is -0.497 e. The number of carbonyl (C=O) groups excluding carboxylic acids is 3. The molecule has 0 bridgehead atoms. The van der Waals surface area contributed by atoms with Crippen LogP contribution in [0.1, 0.15) is 38.0 Å². The van der Waals surface area contributed by atoms with Crippen molar-refractivity contribution in [1.29, 1.82) is 0 Å². The Kier molecular flexibility index (Phi) is 6.60. The van der Waals surface area contributed by atoms with Gasteiger partial charge in [0.15, 0.2) is 6.10 Å². The number of ether oxygens (including phenoxy) is 2. The molecule has 3 rings (SSSR count). The Morgan fingerprint density at radius 3 is 2.13 bits per heavy atom. The molecule has 3 aromatic rings. The van der Waals surface area contributed by atoms with Crippen LogP contribution in [0, 0.1) is 0 Å². The summed E-state index contributed by atoms with van der Waals surface area (Å²) in [5.41, 5.74) is 1.73. The van der Waals surface area contributed by atoms with Gasteiger partial charge in [0.05, 0.1) is 12.7 Å². The van der Waals surface area contributed by atoms with Gasteiger partial charge in [0.2, 0.25) is 5.78 Å². The number of amides is 1. The largest absolute Gasteiger partial charge is 0.497 e. The summed E-state index contributed by atoms with van der Waals surface area (Å²) in [5.74, 6) is -0.602. The summed E-state index contributed by atoms with van der Waals surface area (Å²) in [6, 6.07) is 21.7. The first-order valence-electron chi connectivity index (χ1n) is 9.33. The summed E-state index contributed by atoms with van der Waals surface area (Å²) < 4.78 is 10.4. The maximum Gasteiger partial charge on any atom is 0.338 e. The molecule has 0 radical (unpaired) electrons. The normalized spacial score (nSPS) is 11.3. The predicted molar refractivity (Wildman–Crippen MR) is 113 cm³/mol. The van der Waals surface area contributed by atoms with Crippen LogP contribution in [0.5, 0.6) is 5.75 Å². The number of methoxy groups -OCH3 is 1. The van der Waals surface area contributed by atoms with E-state index in [0.29, 0.717) is 22.6 Å². The molecule has 0 aliphatic rings. The van der Waals surface area contributed by atoms with E-state index >= 15 is 0 Å². The highest BCUT2D eigenvalue weighted by Gasteiger charge is 2.20. The number of carbonyl (C=O) groups is 3. The average Bonchev–Trinajstić information content (AvgIpc) is 2.79. The summed E-state index contributed by atoms with van der Waals surface area (Å²) in [5, 5.41) is 2.76. The molecule has 0 unspecified atom stereocenters. The summed E-state index contributed by atoms with van der Waals surface area (Å²) in [4.78, 5) is 37.0. The van der Waals surface area contributed by atoms with Crippen molar-refractivity contribution >= 4 is 23.3 Å². The number of Topliss-reactive ketones (excluding diaryl/α,β-unsaturated/α-hetero) is 1. The monoisotopic (exact) mass is 403 g/mol. The first-order chi connectivity index (χ1) is 14.5. The number of hydrogen-bond donors (Lipinski definition) is 1. The van der Waals surface area contributed by atoms with E-state index in [1.165, 1.54) is 26.2 Å². The molecule has 0 saturated heterocycles. The summed E-state index contributed by atoms with van der Waals surface area (Å²) in [6.07, 6.45) is -0.910. The van der Waals surface area contributed by atoms with Gasteiger partial charge in [-0.15, -0.1) is 0 Å². The molecule has 3 aromatic carbocycles. The minimum atomic E-state index is -0.910. The molecule has 0 saturated carbocycles. The van der Waals surface area contributed by atoms with Gasteiger partial charge in [-0.05, 0) is 49.4 Å². The Balaban J connectivity index is 1.61. The van der Waals surface area contributed by atoms with Crippen molar-refractivity contribution in [1.82, 2.24) is 0 Å². The molecule has 0 heterocycles. The van der Waals surface area contributed by atoms with Crippen molar-refractivity contribution in [2.45, 2.75) is 13.0 Å². The van der Waals surface area contributed by atoms with Crippen LogP contribution in [0.25, 0.3) is 0 Å². The summed E-state index contributed by atoms with van der Waals surface area (Å²) >= 11 is 0. The van der Waals surface area contributed by atoms with Gasteiger partial charge in [0.25, 0.3) is 5.91 Å². The lowest BCUT2D eigenvalue weighted by molar-refractivity contribution is 0.0319. The zero-order chi connectivity index (χ0) is 21.5.